The van der Waals surface area contributed by atoms with E-state index in [2.05, 4.69) is 25.9 Å². The highest BCUT2D eigenvalue weighted by molar-refractivity contribution is 6.31. The van der Waals surface area contributed by atoms with Crippen LogP contribution in [0, 0.1) is 6.92 Å². The zero-order valence-electron chi connectivity index (χ0n) is 13.9. The number of amides is 1. The van der Waals surface area contributed by atoms with Crippen LogP contribution in [-0.4, -0.2) is 35.5 Å². The number of rotatable bonds is 8. The van der Waals surface area contributed by atoms with Crippen molar-refractivity contribution < 1.29 is 4.79 Å². The average Bonchev–Trinajstić information content (AvgIpc) is 2.54. The molecule has 1 aromatic carbocycles. The summed E-state index contributed by atoms with van der Waals surface area (Å²) < 4.78 is 0. The van der Waals surface area contributed by atoms with Gasteiger partial charge in [0.15, 0.2) is 0 Å². The number of hydrogen-bond acceptors (Lipinski definition) is 5. The molecule has 1 heterocycles. The first-order valence-corrected chi connectivity index (χ1v) is 8.30. The van der Waals surface area contributed by atoms with Crippen molar-refractivity contribution in [3.63, 3.8) is 0 Å². The number of benzene rings is 1. The third kappa shape index (κ3) is 5.70. The van der Waals surface area contributed by atoms with Crippen LogP contribution < -0.4 is 16.0 Å². The molecule has 0 unspecified atom stereocenters. The van der Waals surface area contributed by atoms with Crippen molar-refractivity contribution in [2.45, 2.75) is 20.3 Å². The number of anilines is 2. The summed E-state index contributed by atoms with van der Waals surface area (Å²) in [5.41, 5.74) is 1.70. The Kier molecular flexibility index (Phi) is 6.81. The molecule has 0 bridgehead atoms. The van der Waals surface area contributed by atoms with Gasteiger partial charge in [0.25, 0.3) is 0 Å². The molecule has 0 radical (unpaired) electrons. The van der Waals surface area contributed by atoms with Gasteiger partial charge in [-0.3, -0.25) is 4.79 Å². The Bertz CT molecular complexity index is 692. The number of halogens is 1. The molecule has 0 saturated heterocycles. The fourth-order valence-corrected chi connectivity index (χ4v) is 2.38. The number of aromatic nitrogens is 2. The Hall–Kier alpha value is -2.34. The molecule has 6 nitrogen and oxygen atoms in total. The SMILES string of the molecule is CCNc1cc(C)nc(NCCNC(=O)Cc2ccccc2Cl)n1. The maximum Gasteiger partial charge on any atom is 0.224 e. The van der Waals surface area contributed by atoms with E-state index in [-0.39, 0.29) is 12.3 Å². The molecule has 1 aromatic heterocycles. The molecule has 0 atom stereocenters. The van der Waals surface area contributed by atoms with Gasteiger partial charge in [0.1, 0.15) is 5.82 Å². The molecule has 2 aromatic rings. The maximum atomic E-state index is 11.9. The van der Waals surface area contributed by atoms with Gasteiger partial charge in [0, 0.05) is 36.4 Å². The van der Waals surface area contributed by atoms with E-state index >= 15 is 0 Å². The van der Waals surface area contributed by atoms with Crippen molar-refractivity contribution in [2.75, 3.05) is 30.3 Å². The number of nitrogens with zero attached hydrogens (tertiary/aromatic N) is 2. The first-order chi connectivity index (χ1) is 11.6. The van der Waals surface area contributed by atoms with Gasteiger partial charge in [-0.2, -0.15) is 4.98 Å². The molecule has 7 heteroatoms. The van der Waals surface area contributed by atoms with Crippen molar-refractivity contribution in [1.82, 2.24) is 15.3 Å². The molecule has 0 aliphatic carbocycles. The van der Waals surface area contributed by atoms with Crippen LogP contribution in [0.4, 0.5) is 11.8 Å². The molecule has 0 saturated carbocycles. The predicted octanol–water partition coefficient (Wildman–Crippen LogP) is 2.64. The zero-order valence-corrected chi connectivity index (χ0v) is 14.7. The Morgan fingerprint density at radius 1 is 1.17 bits per heavy atom. The monoisotopic (exact) mass is 347 g/mol. The molecule has 0 spiro atoms. The van der Waals surface area contributed by atoms with Crippen LogP contribution in [0.25, 0.3) is 0 Å². The van der Waals surface area contributed by atoms with Gasteiger partial charge < -0.3 is 16.0 Å². The fraction of sp³-hybridized carbons (Fsp3) is 0.353. The van der Waals surface area contributed by atoms with E-state index < -0.39 is 0 Å². The standard InChI is InChI=1S/C17H22ClN5O/c1-3-19-15-10-12(2)22-17(23-15)21-9-8-20-16(24)11-13-6-4-5-7-14(13)18/h4-7,10H,3,8-9,11H2,1-2H3,(H,20,24)(H2,19,21,22,23). The third-order valence-electron chi connectivity index (χ3n) is 3.25. The molecule has 3 N–H and O–H groups in total. The van der Waals surface area contributed by atoms with E-state index in [4.69, 9.17) is 11.6 Å². The highest BCUT2D eigenvalue weighted by atomic mass is 35.5. The average molecular weight is 348 g/mol. The van der Waals surface area contributed by atoms with E-state index in [1.165, 1.54) is 0 Å². The second kappa shape index (κ2) is 9.08. The summed E-state index contributed by atoms with van der Waals surface area (Å²) in [5.74, 6) is 1.27. The highest BCUT2D eigenvalue weighted by Crippen LogP contribution is 2.15. The predicted molar refractivity (Wildman–Crippen MR) is 97.6 cm³/mol. The Morgan fingerprint density at radius 2 is 1.96 bits per heavy atom. The topological polar surface area (TPSA) is 78.9 Å². The minimum Gasteiger partial charge on any atom is -0.370 e. The zero-order chi connectivity index (χ0) is 17.4. The van der Waals surface area contributed by atoms with Crippen molar-refractivity contribution >= 4 is 29.3 Å². The van der Waals surface area contributed by atoms with E-state index in [1.807, 2.05) is 38.1 Å². The Morgan fingerprint density at radius 3 is 2.71 bits per heavy atom. The van der Waals surface area contributed by atoms with Gasteiger partial charge in [0.05, 0.1) is 6.42 Å². The number of nitrogens with one attached hydrogen (secondary N) is 3. The Labute approximate surface area is 147 Å². The van der Waals surface area contributed by atoms with Gasteiger partial charge in [-0.15, -0.1) is 0 Å². The summed E-state index contributed by atoms with van der Waals surface area (Å²) in [5, 5.41) is 9.73. The lowest BCUT2D eigenvalue weighted by atomic mass is 10.1. The first-order valence-electron chi connectivity index (χ1n) is 7.92. The van der Waals surface area contributed by atoms with Crippen molar-refractivity contribution in [1.29, 1.82) is 0 Å². The second-order valence-corrected chi connectivity index (χ2v) is 5.70. The van der Waals surface area contributed by atoms with Gasteiger partial charge in [-0.05, 0) is 25.5 Å². The molecule has 1 amide bonds. The number of aryl methyl sites for hydroxylation is 1. The van der Waals surface area contributed by atoms with Crippen molar-refractivity contribution in [3.8, 4) is 0 Å². The lowest BCUT2D eigenvalue weighted by Crippen LogP contribution is -2.30. The van der Waals surface area contributed by atoms with Gasteiger partial charge in [-0.25, -0.2) is 4.98 Å². The highest BCUT2D eigenvalue weighted by Gasteiger charge is 2.06. The molecule has 0 fully saturated rings. The molecule has 128 valence electrons. The maximum absolute atomic E-state index is 11.9. The van der Waals surface area contributed by atoms with Crippen LogP contribution in [0.15, 0.2) is 30.3 Å². The second-order valence-electron chi connectivity index (χ2n) is 5.29. The molecule has 0 aliphatic rings. The third-order valence-corrected chi connectivity index (χ3v) is 3.62. The number of carbonyl (C=O) groups is 1. The van der Waals surface area contributed by atoms with Gasteiger partial charge in [0.2, 0.25) is 11.9 Å². The van der Waals surface area contributed by atoms with E-state index in [9.17, 15) is 4.79 Å². The lowest BCUT2D eigenvalue weighted by Gasteiger charge is -2.10. The van der Waals surface area contributed by atoms with E-state index in [0.717, 1.165) is 23.6 Å². The van der Waals surface area contributed by atoms with E-state index in [1.54, 1.807) is 6.07 Å². The van der Waals surface area contributed by atoms with E-state index in [0.29, 0.717) is 24.1 Å². The summed E-state index contributed by atoms with van der Waals surface area (Å²) in [4.78, 5) is 20.6. The summed E-state index contributed by atoms with van der Waals surface area (Å²) in [6, 6.07) is 9.23. The van der Waals surface area contributed by atoms with Gasteiger partial charge >= 0.3 is 0 Å². The minimum absolute atomic E-state index is 0.0663. The molecule has 2 rings (SSSR count). The quantitative estimate of drug-likeness (QED) is 0.640. The smallest absolute Gasteiger partial charge is 0.224 e. The fourth-order valence-electron chi connectivity index (χ4n) is 2.17. The molecule has 0 aliphatic heterocycles. The largest absolute Gasteiger partial charge is 0.370 e. The first kappa shape index (κ1) is 18.0. The molecule has 24 heavy (non-hydrogen) atoms. The van der Waals surface area contributed by atoms with Crippen molar-refractivity contribution in [3.05, 3.63) is 46.6 Å². The summed E-state index contributed by atoms with van der Waals surface area (Å²) >= 11 is 6.05. The Balaban J connectivity index is 1.76. The van der Waals surface area contributed by atoms with Crippen LogP contribution in [0.3, 0.4) is 0 Å². The summed E-state index contributed by atoms with van der Waals surface area (Å²) in [6.45, 7) is 5.76. The minimum atomic E-state index is -0.0663. The number of hydrogen-bond donors (Lipinski definition) is 3. The number of carbonyl (C=O) groups excluding carboxylic acids is 1. The molecular formula is C17H22ClN5O. The molecular weight excluding hydrogens is 326 g/mol. The normalized spacial score (nSPS) is 10.3. The van der Waals surface area contributed by atoms with Crippen LogP contribution >= 0.6 is 11.6 Å². The van der Waals surface area contributed by atoms with Crippen LogP contribution in [0.1, 0.15) is 18.2 Å². The lowest BCUT2D eigenvalue weighted by molar-refractivity contribution is -0.120. The summed E-state index contributed by atoms with van der Waals surface area (Å²) in [6.07, 6.45) is 0.269. The van der Waals surface area contributed by atoms with Crippen LogP contribution in [0.5, 0.6) is 0 Å². The van der Waals surface area contributed by atoms with Gasteiger partial charge in [-0.1, -0.05) is 29.8 Å². The summed E-state index contributed by atoms with van der Waals surface area (Å²) in [7, 11) is 0. The van der Waals surface area contributed by atoms with Crippen molar-refractivity contribution in [2.24, 2.45) is 0 Å². The van der Waals surface area contributed by atoms with Crippen LogP contribution in [0.2, 0.25) is 5.02 Å². The van der Waals surface area contributed by atoms with Crippen LogP contribution in [-0.2, 0) is 11.2 Å².